The highest BCUT2D eigenvalue weighted by Gasteiger charge is 2.23. The van der Waals surface area contributed by atoms with E-state index in [0.29, 0.717) is 30.5 Å². The topological polar surface area (TPSA) is 76.2 Å². The molecule has 0 saturated heterocycles. The molecule has 1 N–H and O–H groups in total. The van der Waals surface area contributed by atoms with Crippen molar-refractivity contribution < 1.29 is 14.3 Å². The molecule has 0 radical (unpaired) electrons. The Morgan fingerprint density at radius 2 is 1.75 bits per heavy atom. The molecule has 3 aromatic rings. The van der Waals surface area contributed by atoms with Gasteiger partial charge >= 0.3 is 5.97 Å². The van der Waals surface area contributed by atoms with Gasteiger partial charge in [-0.3, -0.25) is 9.59 Å². The van der Waals surface area contributed by atoms with Crippen LogP contribution in [0, 0.1) is 0 Å². The summed E-state index contributed by atoms with van der Waals surface area (Å²) in [6, 6.07) is 16.0. The number of Topliss-reactive ketones (excluding diaryl/α,β-unsaturated/α-hetero) is 1. The van der Waals surface area contributed by atoms with Gasteiger partial charge in [0.2, 0.25) is 0 Å². The number of H-pyrrole nitrogens is 1. The van der Waals surface area contributed by atoms with Crippen molar-refractivity contribution in [3.05, 3.63) is 86.8 Å². The van der Waals surface area contributed by atoms with E-state index in [1.54, 1.807) is 18.2 Å². The molecular weight excluding hydrogens is 378 g/mol. The van der Waals surface area contributed by atoms with Gasteiger partial charge in [0.1, 0.15) is 11.3 Å². The summed E-state index contributed by atoms with van der Waals surface area (Å²) in [5, 5.41) is 0.250. The second kappa shape index (κ2) is 7.44. The third kappa shape index (κ3) is 3.49. The number of rotatable bonds is 3. The van der Waals surface area contributed by atoms with E-state index in [9.17, 15) is 14.4 Å². The number of aryl methyl sites for hydroxylation is 1. The minimum atomic E-state index is -0.850. The number of carbonyl (C=O) groups excluding carboxylic acids is 2. The standard InChI is InChI=1S/C22H16ClNO4/c23-17-11-14(13-5-2-1-3-6-13)9-10-20(17)28-22(27)16-12-15-18(24-21(16)26)7-4-8-19(15)25/h1-3,5-6,9-12H,4,7-8H2,(H,24,26). The fourth-order valence-corrected chi connectivity index (χ4v) is 3.49. The average molecular weight is 394 g/mol. The van der Waals surface area contributed by atoms with Crippen LogP contribution in [0.15, 0.2) is 59.4 Å². The number of ketones is 1. The van der Waals surface area contributed by atoms with Gasteiger partial charge < -0.3 is 9.72 Å². The minimum absolute atomic E-state index is 0.0863. The number of benzene rings is 2. The molecule has 0 aliphatic heterocycles. The summed E-state index contributed by atoms with van der Waals surface area (Å²) in [6.45, 7) is 0. The fourth-order valence-electron chi connectivity index (χ4n) is 3.28. The SMILES string of the molecule is O=C1CCCc2[nH]c(=O)c(C(=O)Oc3ccc(-c4ccccc4)cc3Cl)cc21. The van der Waals surface area contributed by atoms with Gasteiger partial charge in [0, 0.05) is 17.7 Å². The molecule has 1 aliphatic carbocycles. The highest BCUT2D eigenvalue weighted by atomic mass is 35.5. The number of pyridine rings is 1. The molecule has 1 aliphatic rings. The number of ether oxygens (including phenoxy) is 1. The van der Waals surface area contributed by atoms with Gasteiger partial charge in [-0.15, -0.1) is 0 Å². The summed E-state index contributed by atoms with van der Waals surface area (Å²) in [5.41, 5.74) is 2.02. The first-order valence-electron chi connectivity index (χ1n) is 8.89. The van der Waals surface area contributed by atoms with Gasteiger partial charge in [0.05, 0.1) is 5.02 Å². The Hall–Kier alpha value is -3.18. The maximum absolute atomic E-state index is 12.5. The first-order chi connectivity index (χ1) is 13.5. The molecule has 5 nitrogen and oxygen atoms in total. The van der Waals surface area contributed by atoms with E-state index in [-0.39, 0.29) is 22.1 Å². The number of fused-ring (bicyclic) bond motifs is 1. The van der Waals surface area contributed by atoms with Gasteiger partial charge in [-0.2, -0.15) is 0 Å². The van der Waals surface area contributed by atoms with Crippen molar-refractivity contribution in [2.75, 3.05) is 0 Å². The third-order valence-electron chi connectivity index (χ3n) is 4.72. The van der Waals surface area contributed by atoms with Gasteiger partial charge in [-0.05, 0) is 42.2 Å². The van der Waals surface area contributed by atoms with Crippen molar-refractivity contribution in [2.45, 2.75) is 19.3 Å². The first kappa shape index (κ1) is 18.2. The van der Waals surface area contributed by atoms with Gasteiger partial charge in [-0.1, -0.05) is 48.0 Å². The van der Waals surface area contributed by atoms with Gasteiger partial charge in [0.15, 0.2) is 5.78 Å². The molecule has 140 valence electrons. The number of nitrogens with one attached hydrogen (secondary N) is 1. The van der Waals surface area contributed by atoms with Crippen LogP contribution in [-0.2, 0) is 6.42 Å². The molecule has 0 spiro atoms. The van der Waals surface area contributed by atoms with Crippen LogP contribution in [0.5, 0.6) is 5.75 Å². The second-order valence-corrected chi connectivity index (χ2v) is 6.99. The van der Waals surface area contributed by atoms with Crippen LogP contribution in [0.3, 0.4) is 0 Å². The number of carbonyl (C=O) groups is 2. The van der Waals surface area contributed by atoms with Crippen molar-refractivity contribution >= 4 is 23.4 Å². The van der Waals surface area contributed by atoms with Crippen LogP contribution in [0.2, 0.25) is 5.02 Å². The third-order valence-corrected chi connectivity index (χ3v) is 5.01. The molecule has 1 aromatic heterocycles. The number of aromatic amines is 1. The quantitative estimate of drug-likeness (QED) is 0.527. The summed E-state index contributed by atoms with van der Waals surface area (Å²) in [6.07, 6.45) is 1.70. The van der Waals surface area contributed by atoms with Crippen LogP contribution < -0.4 is 10.3 Å². The van der Waals surface area contributed by atoms with Crippen LogP contribution in [0.4, 0.5) is 0 Å². The zero-order chi connectivity index (χ0) is 19.7. The molecule has 0 saturated carbocycles. The Morgan fingerprint density at radius 3 is 2.50 bits per heavy atom. The molecular formula is C22H16ClNO4. The number of hydrogen-bond acceptors (Lipinski definition) is 4. The largest absolute Gasteiger partial charge is 0.421 e. The Bertz CT molecular complexity index is 1140. The predicted octanol–water partition coefficient (Wildman–Crippen LogP) is 4.43. The predicted molar refractivity (Wildman–Crippen MR) is 106 cm³/mol. The van der Waals surface area contributed by atoms with E-state index < -0.39 is 11.5 Å². The summed E-state index contributed by atoms with van der Waals surface area (Å²) < 4.78 is 5.33. The zero-order valence-corrected chi connectivity index (χ0v) is 15.6. The Morgan fingerprint density at radius 1 is 0.964 bits per heavy atom. The summed E-state index contributed by atoms with van der Waals surface area (Å²) in [4.78, 5) is 39.5. The lowest BCUT2D eigenvalue weighted by molar-refractivity contribution is 0.0733. The van der Waals surface area contributed by atoms with Crippen LogP contribution in [0.25, 0.3) is 11.1 Å². The van der Waals surface area contributed by atoms with Crippen LogP contribution in [0.1, 0.15) is 39.3 Å². The molecule has 0 unspecified atom stereocenters. The maximum atomic E-state index is 12.5. The molecule has 6 heteroatoms. The monoisotopic (exact) mass is 393 g/mol. The van der Waals surface area contributed by atoms with Crippen molar-refractivity contribution in [3.8, 4) is 16.9 Å². The molecule has 28 heavy (non-hydrogen) atoms. The Balaban J connectivity index is 1.62. The fraction of sp³-hybridized carbons (Fsp3) is 0.136. The van der Waals surface area contributed by atoms with E-state index in [1.165, 1.54) is 6.07 Å². The molecule has 0 amide bonds. The lowest BCUT2D eigenvalue weighted by Crippen LogP contribution is -2.26. The first-order valence-corrected chi connectivity index (χ1v) is 9.27. The van der Waals surface area contributed by atoms with E-state index in [2.05, 4.69) is 4.98 Å². The van der Waals surface area contributed by atoms with Crippen LogP contribution in [-0.4, -0.2) is 16.7 Å². The molecule has 2 aromatic carbocycles. The van der Waals surface area contributed by atoms with Crippen molar-refractivity contribution in [3.63, 3.8) is 0 Å². The molecule has 0 bridgehead atoms. The number of hydrogen-bond donors (Lipinski definition) is 1. The van der Waals surface area contributed by atoms with E-state index in [1.807, 2.05) is 30.3 Å². The molecule has 0 fully saturated rings. The zero-order valence-electron chi connectivity index (χ0n) is 14.8. The Kier molecular flexibility index (Phi) is 4.84. The Labute approximate surface area is 165 Å². The highest BCUT2D eigenvalue weighted by Crippen LogP contribution is 2.31. The van der Waals surface area contributed by atoms with E-state index in [4.69, 9.17) is 16.3 Å². The molecule has 1 heterocycles. The highest BCUT2D eigenvalue weighted by molar-refractivity contribution is 6.32. The number of halogens is 1. The lowest BCUT2D eigenvalue weighted by atomic mass is 9.94. The smallest absolute Gasteiger partial charge is 0.349 e. The van der Waals surface area contributed by atoms with Crippen molar-refractivity contribution in [1.29, 1.82) is 0 Å². The normalized spacial score (nSPS) is 13.1. The minimum Gasteiger partial charge on any atom is -0.421 e. The summed E-state index contributed by atoms with van der Waals surface area (Å²) in [7, 11) is 0. The average Bonchev–Trinajstić information content (AvgIpc) is 2.70. The second-order valence-electron chi connectivity index (χ2n) is 6.58. The summed E-state index contributed by atoms with van der Waals surface area (Å²) >= 11 is 6.27. The van der Waals surface area contributed by atoms with Crippen molar-refractivity contribution in [2.24, 2.45) is 0 Å². The number of esters is 1. The molecule has 4 rings (SSSR count). The summed E-state index contributed by atoms with van der Waals surface area (Å²) in [5.74, 6) is -0.789. The maximum Gasteiger partial charge on any atom is 0.349 e. The van der Waals surface area contributed by atoms with Gasteiger partial charge in [-0.25, -0.2) is 4.79 Å². The van der Waals surface area contributed by atoms with Crippen molar-refractivity contribution in [1.82, 2.24) is 4.98 Å². The van der Waals surface area contributed by atoms with Crippen LogP contribution >= 0.6 is 11.6 Å². The number of aromatic nitrogens is 1. The van der Waals surface area contributed by atoms with E-state index in [0.717, 1.165) is 11.1 Å². The van der Waals surface area contributed by atoms with Gasteiger partial charge in [0.25, 0.3) is 5.56 Å². The van der Waals surface area contributed by atoms with E-state index >= 15 is 0 Å². The molecule has 0 atom stereocenters. The lowest BCUT2D eigenvalue weighted by Gasteiger charge is -2.15.